The van der Waals surface area contributed by atoms with Gasteiger partial charge in [0, 0.05) is 12.7 Å². The first-order valence-electron chi connectivity index (χ1n) is 7.60. The van der Waals surface area contributed by atoms with Crippen LogP contribution < -0.4 is 5.32 Å². The van der Waals surface area contributed by atoms with Crippen LogP contribution in [0.2, 0.25) is 0 Å². The van der Waals surface area contributed by atoms with Gasteiger partial charge >= 0.3 is 0 Å². The fraction of sp³-hybridized carbons (Fsp3) is 0.222. The number of carbonyl (C=O) groups is 1. The topological polar surface area (TPSA) is 46.4 Å². The van der Waals surface area contributed by atoms with Crippen molar-refractivity contribution in [2.75, 3.05) is 12.3 Å². The molecule has 118 valence electrons. The maximum Gasteiger partial charge on any atom is 0.230 e. The molecule has 4 nitrogen and oxygen atoms in total. The molecule has 0 radical (unpaired) electrons. The van der Waals surface area contributed by atoms with Crippen LogP contribution in [-0.4, -0.2) is 27.6 Å². The van der Waals surface area contributed by atoms with Gasteiger partial charge in [-0.2, -0.15) is 0 Å². The average molecular weight is 325 g/mol. The molecule has 1 N–H and O–H groups in total. The first-order valence-corrected chi connectivity index (χ1v) is 8.59. The summed E-state index contributed by atoms with van der Waals surface area (Å²) in [5.41, 5.74) is 3.58. The number of nitrogens with one attached hydrogen (secondary N) is 1. The van der Waals surface area contributed by atoms with Gasteiger partial charge in [0.1, 0.15) is 0 Å². The second-order valence-electron chi connectivity index (χ2n) is 5.35. The fourth-order valence-corrected chi connectivity index (χ4v) is 3.23. The van der Waals surface area contributed by atoms with E-state index in [2.05, 4.69) is 29.4 Å². The second-order valence-corrected chi connectivity index (χ2v) is 6.29. The molecule has 23 heavy (non-hydrogen) atoms. The Kier molecular flexibility index (Phi) is 4.98. The summed E-state index contributed by atoms with van der Waals surface area (Å²) in [4.78, 5) is 16.3. The lowest BCUT2D eigenvalue weighted by atomic mass is 10.1. The standard InChI is InChI=1S/C18H19N3OS/c1-14-6-2-3-7-15(14)9-10-19-17(22)13-23-18-20-12-16-8-4-5-11-21(16)18/h2-8,11-12H,9-10,13H2,1H3,(H,19,22). The van der Waals surface area contributed by atoms with Crippen molar-refractivity contribution in [3.63, 3.8) is 0 Å². The zero-order chi connectivity index (χ0) is 16.1. The zero-order valence-electron chi connectivity index (χ0n) is 13.0. The molecule has 0 unspecified atom stereocenters. The van der Waals surface area contributed by atoms with Crippen LogP contribution >= 0.6 is 11.8 Å². The molecule has 5 heteroatoms. The number of benzene rings is 1. The van der Waals surface area contributed by atoms with E-state index in [1.165, 1.54) is 22.9 Å². The second kappa shape index (κ2) is 7.33. The Labute approximate surface area is 139 Å². The highest BCUT2D eigenvalue weighted by Gasteiger charge is 2.07. The number of rotatable bonds is 6. The monoisotopic (exact) mass is 325 g/mol. The van der Waals surface area contributed by atoms with Crippen molar-refractivity contribution in [1.82, 2.24) is 14.7 Å². The SMILES string of the molecule is Cc1ccccc1CCNC(=O)CSc1ncc2ccccn12. The van der Waals surface area contributed by atoms with Gasteiger partial charge in [0.15, 0.2) is 5.16 Å². The Morgan fingerprint density at radius 1 is 1.22 bits per heavy atom. The molecule has 0 saturated carbocycles. The van der Waals surface area contributed by atoms with Gasteiger partial charge in [-0.05, 0) is 36.6 Å². The Bertz CT molecular complexity index is 813. The smallest absolute Gasteiger partial charge is 0.230 e. The average Bonchev–Trinajstić information content (AvgIpc) is 2.98. The normalized spacial score (nSPS) is 10.8. The molecule has 0 aliphatic heterocycles. The van der Waals surface area contributed by atoms with Crippen molar-refractivity contribution in [1.29, 1.82) is 0 Å². The number of hydrogen-bond donors (Lipinski definition) is 1. The first-order chi connectivity index (χ1) is 11.2. The van der Waals surface area contributed by atoms with Gasteiger partial charge in [-0.25, -0.2) is 4.98 Å². The number of pyridine rings is 1. The zero-order valence-corrected chi connectivity index (χ0v) is 13.8. The molecule has 2 heterocycles. The van der Waals surface area contributed by atoms with Crippen LogP contribution in [0, 0.1) is 6.92 Å². The van der Waals surface area contributed by atoms with Gasteiger partial charge in [-0.1, -0.05) is 42.1 Å². The van der Waals surface area contributed by atoms with Crippen LogP contribution in [0.4, 0.5) is 0 Å². The molecule has 3 aromatic rings. The van der Waals surface area contributed by atoms with E-state index in [-0.39, 0.29) is 5.91 Å². The van der Waals surface area contributed by atoms with E-state index >= 15 is 0 Å². The molecule has 0 atom stereocenters. The highest BCUT2D eigenvalue weighted by atomic mass is 32.2. The number of carbonyl (C=O) groups excluding carboxylic acids is 1. The minimum Gasteiger partial charge on any atom is -0.355 e. The van der Waals surface area contributed by atoms with Crippen LogP contribution in [0.1, 0.15) is 11.1 Å². The van der Waals surface area contributed by atoms with Crippen LogP contribution in [0.15, 0.2) is 60.0 Å². The highest BCUT2D eigenvalue weighted by Crippen LogP contribution is 2.17. The maximum absolute atomic E-state index is 12.0. The lowest BCUT2D eigenvalue weighted by Crippen LogP contribution is -2.27. The van der Waals surface area contributed by atoms with Crippen molar-refractivity contribution in [2.45, 2.75) is 18.5 Å². The number of fused-ring (bicyclic) bond motifs is 1. The number of aryl methyl sites for hydroxylation is 1. The van der Waals surface area contributed by atoms with Crippen LogP contribution in [0.5, 0.6) is 0 Å². The number of imidazole rings is 1. The Balaban J connectivity index is 1.47. The summed E-state index contributed by atoms with van der Waals surface area (Å²) in [6.07, 6.45) is 4.63. The largest absolute Gasteiger partial charge is 0.355 e. The molecule has 2 aromatic heterocycles. The first kappa shape index (κ1) is 15.6. The van der Waals surface area contributed by atoms with E-state index < -0.39 is 0 Å². The summed E-state index contributed by atoms with van der Waals surface area (Å²) in [6.45, 7) is 2.75. The van der Waals surface area contributed by atoms with E-state index in [0.717, 1.165) is 17.1 Å². The minimum atomic E-state index is 0.0382. The summed E-state index contributed by atoms with van der Waals surface area (Å²) in [6, 6.07) is 14.2. The van der Waals surface area contributed by atoms with Gasteiger partial charge in [0.25, 0.3) is 0 Å². The molecule has 0 aliphatic carbocycles. The molecule has 0 spiro atoms. The summed E-state index contributed by atoms with van der Waals surface area (Å²) in [5, 5.41) is 3.81. The van der Waals surface area contributed by atoms with Crippen molar-refractivity contribution >= 4 is 23.2 Å². The van der Waals surface area contributed by atoms with Crippen molar-refractivity contribution in [3.8, 4) is 0 Å². The molecule has 0 saturated heterocycles. The number of thioether (sulfide) groups is 1. The summed E-state index contributed by atoms with van der Waals surface area (Å²) in [7, 11) is 0. The van der Waals surface area contributed by atoms with Crippen molar-refractivity contribution in [2.24, 2.45) is 0 Å². The number of hydrogen-bond acceptors (Lipinski definition) is 3. The molecule has 1 amide bonds. The van der Waals surface area contributed by atoms with Gasteiger partial charge < -0.3 is 5.32 Å². The Morgan fingerprint density at radius 2 is 2.04 bits per heavy atom. The number of nitrogens with zero attached hydrogens (tertiary/aromatic N) is 2. The van der Waals surface area contributed by atoms with E-state index in [0.29, 0.717) is 12.3 Å². The van der Waals surface area contributed by atoms with Crippen molar-refractivity contribution < 1.29 is 4.79 Å². The fourth-order valence-electron chi connectivity index (χ4n) is 2.43. The summed E-state index contributed by atoms with van der Waals surface area (Å²) < 4.78 is 1.99. The Morgan fingerprint density at radius 3 is 2.91 bits per heavy atom. The highest BCUT2D eigenvalue weighted by molar-refractivity contribution is 7.99. The molecule has 3 rings (SSSR count). The summed E-state index contributed by atoms with van der Waals surface area (Å²) >= 11 is 1.45. The van der Waals surface area contributed by atoms with Gasteiger partial charge in [0.2, 0.25) is 5.91 Å². The molecule has 0 aliphatic rings. The number of aromatic nitrogens is 2. The van der Waals surface area contributed by atoms with Crippen LogP contribution in [-0.2, 0) is 11.2 Å². The minimum absolute atomic E-state index is 0.0382. The lowest BCUT2D eigenvalue weighted by molar-refractivity contribution is -0.118. The van der Waals surface area contributed by atoms with Crippen molar-refractivity contribution in [3.05, 3.63) is 66.0 Å². The van der Waals surface area contributed by atoms with Gasteiger partial charge in [-0.3, -0.25) is 9.20 Å². The predicted octanol–water partition coefficient (Wildman–Crippen LogP) is 3.09. The van der Waals surface area contributed by atoms with Crippen LogP contribution in [0.25, 0.3) is 5.52 Å². The molecule has 0 fully saturated rings. The third kappa shape index (κ3) is 3.93. The van der Waals surface area contributed by atoms with E-state index in [9.17, 15) is 4.79 Å². The predicted molar refractivity (Wildman–Crippen MR) is 93.8 cm³/mol. The summed E-state index contributed by atoms with van der Waals surface area (Å²) in [5.74, 6) is 0.415. The Hall–Kier alpha value is -2.27. The number of amides is 1. The van der Waals surface area contributed by atoms with Gasteiger partial charge in [0.05, 0.1) is 17.5 Å². The third-order valence-electron chi connectivity index (χ3n) is 3.71. The lowest BCUT2D eigenvalue weighted by Gasteiger charge is -2.07. The third-order valence-corrected chi connectivity index (χ3v) is 4.68. The molecular weight excluding hydrogens is 306 g/mol. The molecule has 0 bridgehead atoms. The van der Waals surface area contributed by atoms with E-state index in [1.54, 1.807) is 0 Å². The molecule has 1 aromatic carbocycles. The quantitative estimate of drug-likeness (QED) is 0.709. The van der Waals surface area contributed by atoms with E-state index in [4.69, 9.17) is 0 Å². The maximum atomic E-state index is 12.0. The van der Waals surface area contributed by atoms with Crippen LogP contribution in [0.3, 0.4) is 0 Å². The van der Waals surface area contributed by atoms with Gasteiger partial charge in [-0.15, -0.1) is 0 Å². The van der Waals surface area contributed by atoms with E-state index in [1.807, 2.05) is 47.1 Å². The molecular formula is C18H19N3OS.